The van der Waals surface area contributed by atoms with Crippen molar-refractivity contribution in [1.82, 2.24) is 0 Å². The number of hydrogen-bond acceptors (Lipinski definition) is 2. The van der Waals surface area contributed by atoms with Gasteiger partial charge in [-0.25, -0.2) is 0 Å². The van der Waals surface area contributed by atoms with E-state index in [9.17, 15) is 4.79 Å². The molecule has 1 unspecified atom stereocenters. The van der Waals surface area contributed by atoms with Crippen molar-refractivity contribution in [2.24, 2.45) is 5.92 Å². The maximum Gasteiger partial charge on any atom is 0.303 e. The van der Waals surface area contributed by atoms with E-state index in [-0.39, 0.29) is 13.0 Å². The van der Waals surface area contributed by atoms with Gasteiger partial charge in [-0.2, -0.15) is 0 Å². The molecule has 0 aromatic rings. The number of carbonyl (C=O) groups is 1. The van der Waals surface area contributed by atoms with E-state index in [1.807, 2.05) is 0 Å². The van der Waals surface area contributed by atoms with Crippen molar-refractivity contribution in [3.63, 3.8) is 0 Å². The average Bonchev–Trinajstić information content (AvgIpc) is 2.21. The molecule has 0 spiro atoms. The van der Waals surface area contributed by atoms with Crippen molar-refractivity contribution < 1.29 is 15.0 Å². The maximum absolute atomic E-state index is 10.3. The fraction of sp³-hybridized carbons (Fsp3) is 0.917. The van der Waals surface area contributed by atoms with Gasteiger partial charge in [0.05, 0.1) is 0 Å². The van der Waals surface area contributed by atoms with E-state index in [2.05, 4.69) is 6.92 Å². The molecule has 0 aromatic carbocycles. The minimum atomic E-state index is -0.709. The van der Waals surface area contributed by atoms with Gasteiger partial charge in [-0.05, 0) is 25.2 Å². The van der Waals surface area contributed by atoms with E-state index in [0.717, 1.165) is 32.1 Å². The van der Waals surface area contributed by atoms with Crippen molar-refractivity contribution in [3.05, 3.63) is 0 Å². The van der Waals surface area contributed by atoms with Crippen LogP contribution in [0.25, 0.3) is 0 Å². The van der Waals surface area contributed by atoms with Gasteiger partial charge in [-0.1, -0.05) is 32.6 Å². The Morgan fingerprint density at radius 2 is 1.80 bits per heavy atom. The lowest BCUT2D eigenvalue weighted by atomic mass is 9.96. The number of rotatable bonds is 10. The molecule has 0 saturated heterocycles. The lowest BCUT2D eigenvalue weighted by Gasteiger charge is -2.12. The summed E-state index contributed by atoms with van der Waals surface area (Å²) < 4.78 is 0. The van der Waals surface area contributed by atoms with E-state index < -0.39 is 5.97 Å². The minimum Gasteiger partial charge on any atom is -0.481 e. The molecule has 3 nitrogen and oxygen atoms in total. The second kappa shape index (κ2) is 9.97. The molecule has 0 aliphatic heterocycles. The first-order valence-corrected chi connectivity index (χ1v) is 6.03. The molecule has 15 heavy (non-hydrogen) atoms. The van der Waals surface area contributed by atoms with E-state index in [1.54, 1.807) is 0 Å². The molecule has 2 N–H and O–H groups in total. The Labute approximate surface area is 92.5 Å². The molecule has 0 fully saturated rings. The minimum absolute atomic E-state index is 0.277. The number of aliphatic hydroxyl groups is 1. The van der Waals surface area contributed by atoms with Crippen molar-refractivity contribution in [1.29, 1.82) is 0 Å². The monoisotopic (exact) mass is 216 g/mol. The van der Waals surface area contributed by atoms with Gasteiger partial charge in [0.2, 0.25) is 0 Å². The molecular formula is C12H24O3. The predicted molar refractivity (Wildman–Crippen MR) is 60.8 cm³/mol. The highest BCUT2D eigenvalue weighted by atomic mass is 16.4. The lowest BCUT2D eigenvalue weighted by Crippen LogP contribution is -2.06. The molecule has 0 saturated carbocycles. The van der Waals surface area contributed by atoms with Crippen molar-refractivity contribution in [3.8, 4) is 0 Å². The summed E-state index contributed by atoms with van der Waals surface area (Å²) in [6, 6.07) is 0. The van der Waals surface area contributed by atoms with Crippen molar-refractivity contribution >= 4 is 5.97 Å². The summed E-state index contributed by atoms with van der Waals surface area (Å²) in [6.07, 6.45) is 7.55. The molecule has 3 heteroatoms. The predicted octanol–water partition coefficient (Wildman–Crippen LogP) is 2.82. The first-order valence-electron chi connectivity index (χ1n) is 6.03. The van der Waals surface area contributed by atoms with Gasteiger partial charge in [0.1, 0.15) is 0 Å². The molecule has 1 atom stereocenters. The van der Waals surface area contributed by atoms with Crippen LogP contribution in [0.2, 0.25) is 0 Å². The molecule has 0 aliphatic rings. The summed E-state index contributed by atoms with van der Waals surface area (Å²) in [5.74, 6) is -0.283. The number of hydrogen-bond donors (Lipinski definition) is 2. The Morgan fingerprint density at radius 3 is 2.33 bits per heavy atom. The zero-order valence-corrected chi connectivity index (χ0v) is 9.74. The standard InChI is InChI=1S/C12H24O3/c1-2-3-7-11(10-13)8-5-4-6-9-12(14)15/h11,13H,2-10H2,1H3,(H,14,15). The molecule has 0 amide bonds. The average molecular weight is 216 g/mol. The highest BCUT2D eigenvalue weighted by Gasteiger charge is 2.06. The smallest absolute Gasteiger partial charge is 0.303 e. The number of aliphatic hydroxyl groups excluding tert-OH is 1. The van der Waals surface area contributed by atoms with Crippen LogP contribution in [-0.4, -0.2) is 22.8 Å². The van der Waals surface area contributed by atoms with E-state index in [4.69, 9.17) is 10.2 Å². The summed E-state index contributed by atoms with van der Waals surface area (Å²) in [6.45, 7) is 2.43. The van der Waals surface area contributed by atoms with E-state index in [1.165, 1.54) is 12.8 Å². The van der Waals surface area contributed by atoms with Gasteiger partial charge < -0.3 is 10.2 Å². The number of carboxylic acids is 1. The molecule has 0 aromatic heterocycles. The van der Waals surface area contributed by atoms with E-state index >= 15 is 0 Å². The molecule has 90 valence electrons. The Bertz CT molecular complexity index is 157. The second-order valence-electron chi connectivity index (χ2n) is 4.18. The highest BCUT2D eigenvalue weighted by molar-refractivity contribution is 5.66. The van der Waals surface area contributed by atoms with Crippen LogP contribution in [0.3, 0.4) is 0 Å². The normalized spacial score (nSPS) is 12.7. The second-order valence-corrected chi connectivity index (χ2v) is 4.18. The zero-order valence-electron chi connectivity index (χ0n) is 9.74. The van der Waals surface area contributed by atoms with Crippen LogP contribution in [0.15, 0.2) is 0 Å². The van der Waals surface area contributed by atoms with Gasteiger partial charge in [-0.3, -0.25) is 4.79 Å². The Balaban J connectivity index is 3.33. The molecule has 0 heterocycles. The van der Waals surface area contributed by atoms with Crippen LogP contribution in [0.4, 0.5) is 0 Å². The summed E-state index contributed by atoms with van der Waals surface area (Å²) >= 11 is 0. The molecule has 0 radical (unpaired) electrons. The van der Waals surface area contributed by atoms with Crippen LogP contribution in [0.1, 0.15) is 58.3 Å². The van der Waals surface area contributed by atoms with Crippen molar-refractivity contribution in [2.45, 2.75) is 58.3 Å². The van der Waals surface area contributed by atoms with Crippen LogP contribution < -0.4 is 0 Å². The van der Waals surface area contributed by atoms with Crippen LogP contribution in [-0.2, 0) is 4.79 Å². The number of aliphatic carboxylic acids is 1. The van der Waals surface area contributed by atoms with Crippen LogP contribution in [0, 0.1) is 5.92 Å². The Kier molecular flexibility index (Phi) is 9.59. The quantitative estimate of drug-likeness (QED) is 0.552. The van der Waals surface area contributed by atoms with Crippen molar-refractivity contribution in [2.75, 3.05) is 6.61 Å². The first-order chi connectivity index (χ1) is 7.20. The Morgan fingerprint density at radius 1 is 1.13 bits per heavy atom. The van der Waals surface area contributed by atoms with Crippen LogP contribution in [0.5, 0.6) is 0 Å². The fourth-order valence-electron chi connectivity index (χ4n) is 1.71. The van der Waals surface area contributed by atoms with Gasteiger partial charge >= 0.3 is 5.97 Å². The first kappa shape index (κ1) is 14.4. The van der Waals surface area contributed by atoms with Gasteiger partial charge in [0.15, 0.2) is 0 Å². The third kappa shape index (κ3) is 9.73. The molecule has 0 rings (SSSR count). The zero-order chi connectivity index (χ0) is 11.5. The lowest BCUT2D eigenvalue weighted by molar-refractivity contribution is -0.137. The van der Waals surface area contributed by atoms with Gasteiger partial charge in [-0.15, -0.1) is 0 Å². The van der Waals surface area contributed by atoms with Gasteiger partial charge in [0, 0.05) is 13.0 Å². The number of carboxylic acid groups (broad SMARTS) is 1. The topological polar surface area (TPSA) is 57.5 Å². The summed E-state index contributed by atoms with van der Waals surface area (Å²) in [7, 11) is 0. The third-order valence-corrected chi connectivity index (χ3v) is 2.73. The SMILES string of the molecule is CCCCC(CO)CCCCCC(=O)O. The third-order valence-electron chi connectivity index (χ3n) is 2.73. The van der Waals surface area contributed by atoms with E-state index in [0.29, 0.717) is 5.92 Å². The summed E-state index contributed by atoms with van der Waals surface area (Å²) in [4.78, 5) is 10.3. The molecule has 0 aliphatic carbocycles. The molecule has 0 bridgehead atoms. The summed E-state index contributed by atoms with van der Waals surface area (Å²) in [5.41, 5.74) is 0. The number of unbranched alkanes of at least 4 members (excludes halogenated alkanes) is 3. The van der Waals surface area contributed by atoms with Gasteiger partial charge in [0.25, 0.3) is 0 Å². The fourth-order valence-corrected chi connectivity index (χ4v) is 1.71. The summed E-state index contributed by atoms with van der Waals surface area (Å²) in [5, 5.41) is 17.5. The highest BCUT2D eigenvalue weighted by Crippen LogP contribution is 2.16. The molecular weight excluding hydrogens is 192 g/mol. The largest absolute Gasteiger partial charge is 0.481 e. The maximum atomic E-state index is 10.3. The Hall–Kier alpha value is -0.570. The van der Waals surface area contributed by atoms with Crippen LogP contribution >= 0.6 is 0 Å².